The Labute approximate surface area is 125 Å². The summed E-state index contributed by atoms with van der Waals surface area (Å²) in [5, 5.41) is 14.1. The van der Waals surface area contributed by atoms with E-state index < -0.39 is 6.10 Å². The Balaban J connectivity index is 1.80. The maximum absolute atomic E-state index is 10.7. The van der Waals surface area contributed by atoms with Gasteiger partial charge in [-0.25, -0.2) is 0 Å². The van der Waals surface area contributed by atoms with Crippen LogP contribution < -0.4 is 10.1 Å². The SMILES string of the molecule is COc1ccc(C(O)C2CCc3ccccc3N2)cc1C. The van der Waals surface area contributed by atoms with Crippen molar-refractivity contribution in [3.63, 3.8) is 0 Å². The molecule has 0 radical (unpaired) electrons. The van der Waals surface area contributed by atoms with Gasteiger partial charge in [-0.05, 0) is 54.7 Å². The Hall–Kier alpha value is -2.00. The summed E-state index contributed by atoms with van der Waals surface area (Å²) in [4.78, 5) is 0. The quantitative estimate of drug-likeness (QED) is 0.906. The Morgan fingerprint density at radius 2 is 2.05 bits per heavy atom. The Kier molecular flexibility index (Phi) is 3.84. The molecule has 2 aromatic rings. The molecular weight excluding hydrogens is 262 g/mol. The van der Waals surface area contributed by atoms with E-state index in [4.69, 9.17) is 4.74 Å². The molecule has 0 aromatic heterocycles. The zero-order chi connectivity index (χ0) is 14.8. The van der Waals surface area contributed by atoms with E-state index >= 15 is 0 Å². The van der Waals surface area contributed by atoms with Gasteiger partial charge in [-0.3, -0.25) is 0 Å². The number of rotatable bonds is 3. The zero-order valence-electron chi connectivity index (χ0n) is 12.5. The van der Waals surface area contributed by atoms with Gasteiger partial charge in [-0.15, -0.1) is 0 Å². The fraction of sp³-hybridized carbons (Fsp3) is 0.333. The van der Waals surface area contributed by atoms with Crippen LogP contribution in [0.1, 0.15) is 29.2 Å². The number of aryl methyl sites for hydroxylation is 2. The van der Waals surface area contributed by atoms with Gasteiger partial charge < -0.3 is 15.2 Å². The lowest BCUT2D eigenvalue weighted by molar-refractivity contribution is 0.149. The number of methoxy groups -OCH3 is 1. The van der Waals surface area contributed by atoms with Crippen molar-refractivity contribution in [2.24, 2.45) is 0 Å². The second-order valence-electron chi connectivity index (χ2n) is 5.62. The first kappa shape index (κ1) is 14.0. The molecule has 0 aliphatic carbocycles. The molecule has 110 valence electrons. The van der Waals surface area contributed by atoms with Crippen molar-refractivity contribution >= 4 is 5.69 Å². The van der Waals surface area contributed by atoms with E-state index in [1.807, 2.05) is 31.2 Å². The molecule has 3 nitrogen and oxygen atoms in total. The van der Waals surface area contributed by atoms with Crippen LogP contribution in [0, 0.1) is 6.92 Å². The van der Waals surface area contributed by atoms with Crippen LogP contribution in [-0.4, -0.2) is 18.3 Å². The second-order valence-corrected chi connectivity index (χ2v) is 5.62. The number of hydrogen-bond donors (Lipinski definition) is 2. The normalized spacial score (nSPS) is 18.5. The van der Waals surface area contributed by atoms with E-state index in [0.717, 1.165) is 35.4 Å². The third kappa shape index (κ3) is 2.74. The number of anilines is 1. The number of benzene rings is 2. The van der Waals surface area contributed by atoms with Gasteiger partial charge in [0.1, 0.15) is 5.75 Å². The first-order chi connectivity index (χ1) is 10.2. The van der Waals surface area contributed by atoms with Crippen LogP contribution in [-0.2, 0) is 6.42 Å². The van der Waals surface area contributed by atoms with E-state index in [2.05, 4.69) is 23.5 Å². The van der Waals surface area contributed by atoms with Crippen molar-refractivity contribution in [3.05, 3.63) is 59.2 Å². The van der Waals surface area contributed by atoms with E-state index in [0.29, 0.717) is 0 Å². The van der Waals surface area contributed by atoms with Crippen molar-refractivity contribution < 1.29 is 9.84 Å². The summed E-state index contributed by atoms with van der Waals surface area (Å²) >= 11 is 0. The van der Waals surface area contributed by atoms with Crippen LogP contribution in [0.4, 0.5) is 5.69 Å². The van der Waals surface area contributed by atoms with Crippen LogP contribution in [0.3, 0.4) is 0 Å². The molecule has 3 heteroatoms. The third-order valence-electron chi connectivity index (χ3n) is 4.22. The summed E-state index contributed by atoms with van der Waals surface area (Å²) in [7, 11) is 1.66. The molecular formula is C18H21NO2. The number of aliphatic hydroxyl groups excluding tert-OH is 1. The highest BCUT2D eigenvalue weighted by molar-refractivity contribution is 5.54. The van der Waals surface area contributed by atoms with Crippen LogP contribution in [0.5, 0.6) is 5.75 Å². The number of para-hydroxylation sites is 1. The van der Waals surface area contributed by atoms with Gasteiger partial charge in [0.25, 0.3) is 0 Å². The first-order valence-electron chi connectivity index (χ1n) is 7.36. The molecule has 0 fully saturated rings. The van der Waals surface area contributed by atoms with Gasteiger partial charge in [0.2, 0.25) is 0 Å². The van der Waals surface area contributed by atoms with E-state index in [9.17, 15) is 5.11 Å². The van der Waals surface area contributed by atoms with Crippen molar-refractivity contribution in [2.45, 2.75) is 31.9 Å². The molecule has 0 spiro atoms. The molecule has 0 saturated carbocycles. The highest BCUT2D eigenvalue weighted by Crippen LogP contribution is 2.32. The summed E-state index contributed by atoms with van der Waals surface area (Å²) in [5.74, 6) is 0.855. The van der Waals surface area contributed by atoms with Gasteiger partial charge in [-0.1, -0.05) is 24.3 Å². The molecule has 2 atom stereocenters. The summed E-state index contributed by atoms with van der Waals surface area (Å²) in [6.07, 6.45) is 1.42. The minimum atomic E-state index is -0.511. The highest BCUT2D eigenvalue weighted by atomic mass is 16.5. The third-order valence-corrected chi connectivity index (χ3v) is 4.22. The lowest BCUT2D eigenvalue weighted by atomic mass is 9.91. The van der Waals surface area contributed by atoms with Gasteiger partial charge in [0, 0.05) is 5.69 Å². The highest BCUT2D eigenvalue weighted by Gasteiger charge is 2.25. The first-order valence-corrected chi connectivity index (χ1v) is 7.36. The number of aliphatic hydroxyl groups is 1. The van der Waals surface area contributed by atoms with Gasteiger partial charge in [0.05, 0.1) is 19.3 Å². The van der Waals surface area contributed by atoms with E-state index in [1.165, 1.54) is 5.56 Å². The molecule has 1 heterocycles. The van der Waals surface area contributed by atoms with Crippen LogP contribution in [0.2, 0.25) is 0 Å². The standard InChI is InChI=1S/C18H21NO2/c1-12-11-14(8-10-17(12)21-2)18(20)16-9-7-13-5-3-4-6-15(13)19-16/h3-6,8,10-11,16,18-20H,7,9H2,1-2H3. The predicted octanol–water partition coefficient (Wildman–Crippen LogP) is 3.46. The predicted molar refractivity (Wildman–Crippen MR) is 84.9 cm³/mol. The fourth-order valence-electron chi connectivity index (χ4n) is 3.02. The molecule has 2 unspecified atom stereocenters. The summed E-state index contributed by atoms with van der Waals surface area (Å²) in [6.45, 7) is 2.00. The number of hydrogen-bond acceptors (Lipinski definition) is 3. The largest absolute Gasteiger partial charge is 0.496 e. The molecule has 1 aliphatic rings. The minimum absolute atomic E-state index is 0.0488. The average molecular weight is 283 g/mol. The molecule has 21 heavy (non-hydrogen) atoms. The smallest absolute Gasteiger partial charge is 0.121 e. The maximum atomic E-state index is 10.7. The lowest BCUT2D eigenvalue weighted by Gasteiger charge is -2.31. The second kappa shape index (κ2) is 5.78. The van der Waals surface area contributed by atoms with Crippen molar-refractivity contribution in [2.75, 3.05) is 12.4 Å². The van der Waals surface area contributed by atoms with Crippen LogP contribution in [0.25, 0.3) is 0 Å². The molecule has 0 amide bonds. The summed E-state index contributed by atoms with van der Waals surface area (Å²) in [5.41, 5.74) is 4.44. The number of nitrogens with one attached hydrogen (secondary N) is 1. The van der Waals surface area contributed by atoms with Gasteiger partial charge >= 0.3 is 0 Å². The molecule has 2 N–H and O–H groups in total. The average Bonchev–Trinajstić information content (AvgIpc) is 2.53. The Morgan fingerprint density at radius 3 is 2.81 bits per heavy atom. The molecule has 0 saturated heterocycles. The fourth-order valence-corrected chi connectivity index (χ4v) is 3.02. The van der Waals surface area contributed by atoms with Crippen molar-refractivity contribution in [1.82, 2.24) is 0 Å². The zero-order valence-corrected chi connectivity index (χ0v) is 12.5. The van der Waals surface area contributed by atoms with Crippen molar-refractivity contribution in [3.8, 4) is 5.75 Å². The van der Waals surface area contributed by atoms with Crippen molar-refractivity contribution in [1.29, 1.82) is 0 Å². The van der Waals surface area contributed by atoms with E-state index in [1.54, 1.807) is 7.11 Å². The summed E-state index contributed by atoms with van der Waals surface area (Å²) in [6, 6.07) is 14.2. The maximum Gasteiger partial charge on any atom is 0.121 e. The molecule has 0 bridgehead atoms. The molecule has 3 rings (SSSR count). The molecule has 1 aliphatic heterocycles. The van der Waals surface area contributed by atoms with Gasteiger partial charge in [-0.2, -0.15) is 0 Å². The number of fused-ring (bicyclic) bond motifs is 1. The van der Waals surface area contributed by atoms with Gasteiger partial charge in [0.15, 0.2) is 0 Å². The monoisotopic (exact) mass is 283 g/mol. The van der Waals surface area contributed by atoms with Crippen LogP contribution in [0.15, 0.2) is 42.5 Å². The topological polar surface area (TPSA) is 41.5 Å². The number of ether oxygens (including phenoxy) is 1. The molecule has 2 aromatic carbocycles. The summed E-state index contributed by atoms with van der Waals surface area (Å²) < 4.78 is 5.27. The van der Waals surface area contributed by atoms with Crippen LogP contribution >= 0.6 is 0 Å². The minimum Gasteiger partial charge on any atom is -0.496 e. The lowest BCUT2D eigenvalue weighted by Crippen LogP contribution is -2.31. The Morgan fingerprint density at radius 1 is 1.24 bits per heavy atom. The van der Waals surface area contributed by atoms with E-state index in [-0.39, 0.29) is 6.04 Å². The Bertz CT molecular complexity index is 639.